The van der Waals surface area contributed by atoms with Crippen LogP contribution in [-0.4, -0.2) is 29.4 Å². The number of amides is 2. The summed E-state index contributed by atoms with van der Waals surface area (Å²) in [5, 5.41) is 6.48. The molecule has 2 amide bonds. The van der Waals surface area contributed by atoms with E-state index in [9.17, 15) is 14.4 Å². The second kappa shape index (κ2) is 7.13. The molecule has 2 aromatic carbocycles. The third-order valence-electron chi connectivity index (χ3n) is 5.06. The van der Waals surface area contributed by atoms with Gasteiger partial charge in [0.1, 0.15) is 17.7 Å². The van der Waals surface area contributed by atoms with Crippen LogP contribution in [0.5, 0.6) is 0 Å². The Kier molecular flexibility index (Phi) is 4.89. The Morgan fingerprint density at radius 1 is 0.966 bits per heavy atom. The zero-order valence-electron chi connectivity index (χ0n) is 15.3. The highest BCUT2D eigenvalue weighted by Crippen LogP contribution is 2.43. The van der Waals surface area contributed by atoms with E-state index in [1.807, 2.05) is 0 Å². The zero-order valence-corrected chi connectivity index (χ0v) is 17.6. The fraction of sp³-hybridized carbons (Fsp3) is 0.200. The maximum Gasteiger partial charge on any atom is 0.259 e. The van der Waals surface area contributed by atoms with Gasteiger partial charge in [-0.15, -0.1) is 0 Å². The molecule has 0 N–H and O–H groups in total. The maximum absolute atomic E-state index is 13.4. The maximum atomic E-state index is 13.4. The van der Waals surface area contributed by atoms with Gasteiger partial charge in [0.05, 0.1) is 21.4 Å². The molecule has 4 rings (SSSR count). The van der Waals surface area contributed by atoms with Gasteiger partial charge in [-0.05, 0) is 36.8 Å². The van der Waals surface area contributed by atoms with Crippen LogP contribution in [0.25, 0.3) is 0 Å². The molecule has 29 heavy (non-hydrogen) atoms. The number of imide groups is 1. The van der Waals surface area contributed by atoms with E-state index >= 15 is 0 Å². The molecular weight excluding hydrogens is 437 g/mol. The number of nitrogens with zero attached hydrogens (tertiary/aromatic N) is 3. The first kappa shape index (κ1) is 19.9. The number of ketones is 1. The number of rotatable bonds is 3. The first-order valence-corrected chi connectivity index (χ1v) is 9.83. The summed E-state index contributed by atoms with van der Waals surface area (Å²) in [7, 11) is 0. The lowest BCUT2D eigenvalue weighted by molar-refractivity contribution is -0.122. The molecule has 9 heteroatoms. The van der Waals surface area contributed by atoms with Crippen LogP contribution in [0.3, 0.4) is 0 Å². The van der Waals surface area contributed by atoms with Crippen LogP contribution in [0.1, 0.15) is 12.5 Å². The average Bonchev–Trinajstić information content (AvgIpc) is 3.16. The van der Waals surface area contributed by atoms with Crippen molar-refractivity contribution in [1.82, 2.24) is 0 Å². The van der Waals surface area contributed by atoms with Gasteiger partial charge in [0, 0.05) is 11.9 Å². The number of para-hydroxylation sites is 1. The number of halogens is 3. The molecule has 2 aromatic rings. The molecule has 0 aliphatic carbocycles. The second-order valence-corrected chi connectivity index (χ2v) is 8.00. The predicted molar refractivity (Wildman–Crippen MR) is 113 cm³/mol. The van der Waals surface area contributed by atoms with Crippen LogP contribution < -0.4 is 9.91 Å². The number of carbonyl (C=O) groups is 3. The number of hydrogen-bond acceptors (Lipinski definition) is 5. The Hall–Kier alpha value is -2.41. The van der Waals surface area contributed by atoms with Gasteiger partial charge in [-0.3, -0.25) is 14.4 Å². The molecule has 2 aliphatic heterocycles. The lowest BCUT2D eigenvalue weighted by Gasteiger charge is -2.24. The molecule has 1 fully saturated rings. The number of benzene rings is 2. The zero-order chi connectivity index (χ0) is 21.0. The Balaban J connectivity index is 1.88. The topological polar surface area (TPSA) is 70.1 Å². The van der Waals surface area contributed by atoms with Crippen LogP contribution in [0, 0.1) is 12.8 Å². The standard InChI is InChI=1S/C20H14Cl3N3O3/c1-9-11(21)5-4-8-14(9)25-19(28)15-16(10(2)27)24-26(18(15)20(25)29)17-12(22)6-3-7-13(17)23/h3-8,15,18H,1-2H3/t15-,18+/m0/s1. The van der Waals surface area contributed by atoms with Gasteiger partial charge in [0.2, 0.25) is 5.91 Å². The largest absolute Gasteiger partial charge is 0.293 e. The summed E-state index contributed by atoms with van der Waals surface area (Å²) < 4.78 is 0. The molecule has 0 saturated carbocycles. The van der Waals surface area contributed by atoms with Crippen LogP contribution in [0.15, 0.2) is 41.5 Å². The minimum Gasteiger partial charge on any atom is -0.293 e. The number of anilines is 2. The van der Waals surface area contributed by atoms with Crippen molar-refractivity contribution in [2.75, 3.05) is 9.91 Å². The quantitative estimate of drug-likeness (QED) is 0.655. The van der Waals surface area contributed by atoms with Crippen molar-refractivity contribution in [2.24, 2.45) is 11.0 Å². The van der Waals surface area contributed by atoms with Crippen LogP contribution in [-0.2, 0) is 14.4 Å². The van der Waals surface area contributed by atoms with E-state index in [0.29, 0.717) is 16.3 Å². The molecule has 0 radical (unpaired) electrons. The van der Waals surface area contributed by atoms with Crippen molar-refractivity contribution in [3.63, 3.8) is 0 Å². The number of carbonyl (C=O) groups excluding carboxylic acids is 3. The van der Waals surface area contributed by atoms with E-state index in [4.69, 9.17) is 34.8 Å². The fourth-order valence-corrected chi connectivity index (χ4v) is 4.41. The molecule has 2 heterocycles. The van der Waals surface area contributed by atoms with E-state index in [1.165, 1.54) is 11.9 Å². The molecule has 0 unspecified atom stereocenters. The molecule has 2 aliphatic rings. The summed E-state index contributed by atoms with van der Waals surface area (Å²) in [4.78, 5) is 39.9. The first-order chi connectivity index (χ1) is 13.7. The lowest BCUT2D eigenvalue weighted by atomic mass is 9.95. The highest BCUT2D eigenvalue weighted by Gasteiger charge is 2.58. The van der Waals surface area contributed by atoms with Crippen LogP contribution >= 0.6 is 34.8 Å². The normalized spacial score (nSPS) is 20.9. The van der Waals surface area contributed by atoms with Crippen molar-refractivity contribution >= 4 is 69.5 Å². The molecule has 6 nitrogen and oxygen atoms in total. The van der Waals surface area contributed by atoms with Crippen LogP contribution in [0.4, 0.5) is 11.4 Å². The number of Topliss-reactive ketones (excluding diaryl/α,β-unsaturated/α-hetero) is 1. The third kappa shape index (κ3) is 2.94. The molecule has 148 valence electrons. The van der Waals surface area contributed by atoms with Gasteiger partial charge in [-0.2, -0.15) is 5.10 Å². The molecule has 0 aromatic heterocycles. The molecule has 1 saturated heterocycles. The first-order valence-electron chi connectivity index (χ1n) is 8.69. The number of hydrazone groups is 1. The Labute approximate surface area is 181 Å². The van der Waals surface area contributed by atoms with Crippen molar-refractivity contribution in [2.45, 2.75) is 19.9 Å². The summed E-state index contributed by atoms with van der Waals surface area (Å²) in [6.45, 7) is 3.02. The SMILES string of the molecule is CC(=O)C1=NN(c2c(Cl)cccc2Cl)[C@H]2C(=O)N(c3cccc(Cl)c3C)C(=O)[C@@H]12. The fourth-order valence-electron chi connectivity index (χ4n) is 3.67. The molecule has 2 atom stereocenters. The smallest absolute Gasteiger partial charge is 0.259 e. The van der Waals surface area contributed by atoms with Gasteiger partial charge >= 0.3 is 0 Å². The van der Waals surface area contributed by atoms with Crippen molar-refractivity contribution in [3.05, 3.63) is 57.0 Å². The number of hydrogen-bond donors (Lipinski definition) is 0. The predicted octanol–water partition coefficient (Wildman–Crippen LogP) is 4.28. The Bertz CT molecular complexity index is 1100. The summed E-state index contributed by atoms with van der Waals surface area (Å²) in [6.07, 6.45) is 0. The molecule has 0 bridgehead atoms. The summed E-state index contributed by atoms with van der Waals surface area (Å²) in [5.41, 5.74) is 1.22. The van der Waals surface area contributed by atoms with E-state index in [0.717, 1.165) is 4.90 Å². The van der Waals surface area contributed by atoms with E-state index < -0.39 is 29.6 Å². The van der Waals surface area contributed by atoms with Gasteiger partial charge in [-0.1, -0.05) is 46.9 Å². The summed E-state index contributed by atoms with van der Waals surface area (Å²) in [5.74, 6) is -2.52. The second-order valence-electron chi connectivity index (χ2n) is 6.77. The summed E-state index contributed by atoms with van der Waals surface area (Å²) >= 11 is 18.8. The monoisotopic (exact) mass is 449 g/mol. The van der Waals surface area contributed by atoms with E-state index in [-0.39, 0.29) is 21.4 Å². The van der Waals surface area contributed by atoms with Crippen LogP contribution in [0.2, 0.25) is 15.1 Å². The average molecular weight is 451 g/mol. The van der Waals surface area contributed by atoms with E-state index in [2.05, 4.69) is 5.10 Å². The lowest BCUT2D eigenvalue weighted by Crippen LogP contribution is -2.39. The Morgan fingerprint density at radius 2 is 1.55 bits per heavy atom. The van der Waals surface area contributed by atoms with Crippen molar-refractivity contribution < 1.29 is 14.4 Å². The van der Waals surface area contributed by atoms with Gasteiger partial charge < -0.3 is 0 Å². The van der Waals surface area contributed by atoms with Gasteiger partial charge in [0.25, 0.3) is 5.91 Å². The van der Waals surface area contributed by atoms with Gasteiger partial charge in [-0.25, -0.2) is 9.91 Å². The van der Waals surface area contributed by atoms with E-state index in [1.54, 1.807) is 43.3 Å². The highest BCUT2D eigenvalue weighted by molar-refractivity contribution is 6.49. The Morgan fingerprint density at radius 3 is 2.17 bits per heavy atom. The number of fused-ring (bicyclic) bond motifs is 1. The molecule has 0 spiro atoms. The van der Waals surface area contributed by atoms with Crippen molar-refractivity contribution in [1.29, 1.82) is 0 Å². The summed E-state index contributed by atoms with van der Waals surface area (Å²) in [6, 6.07) is 8.75. The minimum absolute atomic E-state index is 0.00785. The molecular formula is C20H14Cl3N3O3. The highest BCUT2D eigenvalue weighted by atomic mass is 35.5. The van der Waals surface area contributed by atoms with Crippen molar-refractivity contribution in [3.8, 4) is 0 Å². The minimum atomic E-state index is -1.06. The van der Waals surface area contributed by atoms with Gasteiger partial charge in [0.15, 0.2) is 5.78 Å². The third-order valence-corrected chi connectivity index (χ3v) is 6.08.